The minimum atomic E-state index is -4.89. The summed E-state index contributed by atoms with van der Waals surface area (Å²) < 4.78 is 42.7. The van der Waals surface area contributed by atoms with E-state index < -0.39 is 57.1 Å². The quantitative estimate of drug-likeness (QED) is 0.513. The van der Waals surface area contributed by atoms with Crippen LogP contribution in [-0.2, 0) is 29.4 Å². The molecule has 0 spiro atoms. The molecule has 1 aliphatic heterocycles. The zero-order valence-corrected chi connectivity index (χ0v) is 21.6. The van der Waals surface area contributed by atoms with Crippen molar-refractivity contribution >= 4 is 29.2 Å². The highest BCUT2D eigenvalue weighted by Crippen LogP contribution is 2.41. The van der Waals surface area contributed by atoms with Crippen LogP contribution in [0.4, 0.5) is 18.9 Å². The fourth-order valence-corrected chi connectivity index (χ4v) is 5.25. The van der Waals surface area contributed by atoms with E-state index in [1.54, 1.807) is 33.9 Å². The molecule has 2 aromatic carbocycles. The van der Waals surface area contributed by atoms with Gasteiger partial charge in [0.1, 0.15) is 5.56 Å². The second kappa shape index (κ2) is 9.16. The molecule has 1 aromatic heterocycles. The highest BCUT2D eigenvalue weighted by atomic mass is 35.5. The molecule has 0 saturated carbocycles. The fraction of sp³-hybridized carbons (Fsp3) is 0.308. The third-order valence-electron chi connectivity index (χ3n) is 6.81. The van der Waals surface area contributed by atoms with E-state index in [9.17, 15) is 37.5 Å². The van der Waals surface area contributed by atoms with E-state index >= 15 is 0 Å². The van der Waals surface area contributed by atoms with Gasteiger partial charge in [-0.1, -0.05) is 36.7 Å². The van der Waals surface area contributed by atoms with E-state index in [1.165, 1.54) is 23.1 Å². The van der Waals surface area contributed by atoms with E-state index in [1.807, 2.05) is 0 Å². The number of carboxylic acid groups (broad SMARTS) is 1. The maximum absolute atomic E-state index is 13.8. The lowest BCUT2D eigenvalue weighted by molar-refractivity contribution is -0.138. The lowest BCUT2D eigenvalue weighted by atomic mass is 9.86. The first-order valence-electron chi connectivity index (χ1n) is 11.5. The van der Waals surface area contributed by atoms with Crippen molar-refractivity contribution in [1.29, 1.82) is 0 Å². The lowest BCUT2D eigenvalue weighted by Gasteiger charge is -2.20. The normalized spacial score (nSPS) is 14.6. The zero-order chi connectivity index (χ0) is 28.3. The van der Waals surface area contributed by atoms with Crippen molar-refractivity contribution in [3.63, 3.8) is 0 Å². The first kappa shape index (κ1) is 27.2. The molecular weight excluding hydrogens is 527 g/mol. The van der Waals surface area contributed by atoms with Gasteiger partial charge in [0.05, 0.1) is 28.2 Å². The molecule has 200 valence electrons. The zero-order valence-electron chi connectivity index (χ0n) is 20.8. The number of fused-ring (bicyclic) bond motifs is 1. The monoisotopic (exact) mass is 549 g/mol. The summed E-state index contributed by atoms with van der Waals surface area (Å²) in [5.41, 5.74) is -4.36. The highest BCUT2D eigenvalue weighted by Gasteiger charge is 2.42. The number of rotatable bonds is 5. The molecule has 38 heavy (non-hydrogen) atoms. The molecule has 2 heterocycles. The van der Waals surface area contributed by atoms with Crippen LogP contribution in [0, 0.1) is 0 Å². The Kier molecular flexibility index (Phi) is 6.55. The van der Waals surface area contributed by atoms with Gasteiger partial charge in [0.2, 0.25) is 5.91 Å². The fourth-order valence-electron chi connectivity index (χ4n) is 4.95. The van der Waals surface area contributed by atoms with Crippen molar-refractivity contribution in [3.05, 3.63) is 90.2 Å². The number of anilines is 1. The second-order valence-electron chi connectivity index (χ2n) is 9.45. The van der Waals surface area contributed by atoms with Crippen LogP contribution >= 0.6 is 11.6 Å². The van der Waals surface area contributed by atoms with Gasteiger partial charge in [0.25, 0.3) is 5.56 Å². The molecule has 0 fully saturated rings. The number of aromatic nitrogens is 2. The number of benzene rings is 2. The summed E-state index contributed by atoms with van der Waals surface area (Å²) in [6.07, 6.45) is -4.94. The summed E-state index contributed by atoms with van der Waals surface area (Å²) in [5, 5.41) is 9.25. The smallest absolute Gasteiger partial charge is 0.418 e. The minimum absolute atomic E-state index is 0.0464. The summed E-state index contributed by atoms with van der Waals surface area (Å²) in [6, 6.07) is 7.99. The van der Waals surface area contributed by atoms with Crippen LogP contribution in [0.3, 0.4) is 0 Å². The van der Waals surface area contributed by atoms with Gasteiger partial charge in [-0.15, -0.1) is 0 Å². The van der Waals surface area contributed by atoms with E-state index in [4.69, 9.17) is 11.6 Å². The predicted octanol–water partition coefficient (Wildman–Crippen LogP) is 4.23. The highest BCUT2D eigenvalue weighted by molar-refractivity contribution is 6.31. The molecule has 1 aliphatic rings. The molecule has 4 rings (SSSR count). The van der Waals surface area contributed by atoms with Crippen molar-refractivity contribution in [1.82, 2.24) is 9.13 Å². The first-order chi connectivity index (χ1) is 17.6. The average molecular weight is 550 g/mol. The molecule has 0 radical (unpaired) electrons. The van der Waals surface area contributed by atoms with Gasteiger partial charge in [-0.2, -0.15) is 13.2 Å². The molecule has 0 bridgehead atoms. The number of carbonyl (C=O) groups is 2. The third kappa shape index (κ3) is 4.10. The molecule has 3 aromatic rings. The number of carboxylic acids is 1. The largest absolute Gasteiger partial charge is 0.477 e. The Morgan fingerprint density at radius 3 is 2.34 bits per heavy atom. The van der Waals surface area contributed by atoms with Crippen LogP contribution in [-0.4, -0.2) is 33.2 Å². The number of aromatic carboxylic acids is 1. The maximum atomic E-state index is 13.8. The van der Waals surface area contributed by atoms with Crippen molar-refractivity contribution in [2.24, 2.45) is 0 Å². The maximum Gasteiger partial charge on any atom is 0.418 e. The van der Waals surface area contributed by atoms with Crippen molar-refractivity contribution < 1.29 is 27.9 Å². The summed E-state index contributed by atoms with van der Waals surface area (Å²) in [5.74, 6) is -1.82. The molecular formula is C26H23ClF3N3O5. The van der Waals surface area contributed by atoms with Gasteiger partial charge in [-0.05, 0) is 49.6 Å². The average Bonchev–Trinajstić information content (AvgIpc) is 2.99. The lowest BCUT2D eigenvalue weighted by Crippen LogP contribution is -2.44. The van der Waals surface area contributed by atoms with Crippen molar-refractivity contribution in [3.8, 4) is 5.69 Å². The molecule has 0 atom stereocenters. The number of nitrogens with zero attached hydrogens (tertiary/aromatic N) is 3. The number of hydrogen-bond acceptors (Lipinski definition) is 4. The van der Waals surface area contributed by atoms with Gasteiger partial charge in [-0.3, -0.25) is 18.7 Å². The van der Waals surface area contributed by atoms with E-state index in [2.05, 4.69) is 0 Å². The van der Waals surface area contributed by atoms with Crippen molar-refractivity contribution in [2.75, 3.05) is 11.9 Å². The molecule has 0 unspecified atom stereocenters. The Morgan fingerprint density at radius 2 is 1.76 bits per heavy atom. The standard InChI is InChI=1S/C26H23ClF3N3O5/c1-5-17-19(22(35)36)21(34)32(12-13-7-6-8-16(27)20(13)26(28,29)30)24(38)33(17)14-9-10-15-18(11-14)31(4)23(37)25(15,2)3/h6-11H,5,12H2,1-4H3,(H,35,36). The predicted molar refractivity (Wildman–Crippen MR) is 135 cm³/mol. The van der Waals surface area contributed by atoms with Gasteiger partial charge in [0.15, 0.2) is 0 Å². The van der Waals surface area contributed by atoms with Gasteiger partial charge >= 0.3 is 17.8 Å². The SMILES string of the molecule is CCc1c(C(=O)O)c(=O)n(Cc2cccc(Cl)c2C(F)(F)F)c(=O)n1-c1ccc2c(c1)N(C)C(=O)C2(C)C. The number of alkyl halides is 3. The molecule has 1 N–H and O–H groups in total. The second-order valence-corrected chi connectivity index (χ2v) is 9.86. The summed E-state index contributed by atoms with van der Waals surface area (Å²) in [6.45, 7) is 4.17. The molecule has 1 amide bonds. The van der Waals surface area contributed by atoms with Crippen LogP contribution < -0.4 is 16.1 Å². The summed E-state index contributed by atoms with van der Waals surface area (Å²) in [7, 11) is 1.56. The van der Waals surface area contributed by atoms with Crippen LogP contribution in [0.15, 0.2) is 46.0 Å². The van der Waals surface area contributed by atoms with Crippen LogP contribution in [0.1, 0.15) is 53.5 Å². The number of hydrogen-bond donors (Lipinski definition) is 1. The summed E-state index contributed by atoms with van der Waals surface area (Å²) in [4.78, 5) is 53.2. The van der Waals surface area contributed by atoms with Gasteiger partial charge in [-0.25, -0.2) is 9.59 Å². The van der Waals surface area contributed by atoms with Gasteiger partial charge in [0, 0.05) is 18.4 Å². The van der Waals surface area contributed by atoms with Crippen LogP contribution in [0.2, 0.25) is 5.02 Å². The Balaban J connectivity index is 2.03. The molecule has 0 saturated heterocycles. The Morgan fingerprint density at radius 1 is 1.11 bits per heavy atom. The van der Waals surface area contributed by atoms with Crippen molar-refractivity contribution in [2.45, 2.75) is 45.3 Å². The molecule has 8 nitrogen and oxygen atoms in total. The first-order valence-corrected chi connectivity index (χ1v) is 11.9. The number of halogens is 4. The molecule has 12 heteroatoms. The summed E-state index contributed by atoms with van der Waals surface area (Å²) >= 11 is 5.80. The third-order valence-corrected chi connectivity index (χ3v) is 7.13. The minimum Gasteiger partial charge on any atom is -0.477 e. The Labute approximate surface area is 219 Å². The van der Waals surface area contributed by atoms with E-state index in [0.29, 0.717) is 15.8 Å². The number of likely N-dealkylation sites (N-methyl/N-ethyl adjacent to an activating group) is 1. The van der Waals surface area contributed by atoms with E-state index in [0.717, 1.165) is 16.7 Å². The van der Waals surface area contributed by atoms with Gasteiger partial charge < -0.3 is 10.0 Å². The van der Waals surface area contributed by atoms with E-state index in [-0.39, 0.29) is 23.7 Å². The molecule has 0 aliphatic carbocycles. The Bertz CT molecular complexity index is 1620. The van der Waals surface area contributed by atoms with Crippen LogP contribution in [0.5, 0.6) is 0 Å². The van der Waals surface area contributed by atoms with Crippen LogP contribution in [0.25, 0.3) is 5.69 Å². The number of carbonyl (C=O) groups excluding carboxylic acids is 1. The topological polar surface area (TPSA) is 102 Å². The number of amides is 1. The Hall–Kier alpha value is -3.86.